The molecule has 16 heavy (non-hydrogen) atoms. The van der Waals surface area contributed by atoms with Gasteiger partial charge in [-0.3, -0.25) is 0 Å². The van der Waals surface area contributed by atoms with Crippen molar-refractivity contribution in [2.45, 2.75) is 40.5 Å². The van der Waals surface area contributed by atoms with Crippen molar-refractivity contribution in [3.05, 3.63) is 22.3 Å². The van der Waals surface area contributed by atoms with Crippen molar-refractivity contribution < 1.29 is 19.8 Å². The van der Waals surface area contributed by atoms with Crippen molar-refractivity contribution in [3.63, 3.8) is 0 Å². The van der Waals surface area contributed by atoms with Crippen LogP contribution in [0.4, 0.5) is 0 Å². The van der Waals surface area contributed by atoms with Gasteiger partial charge in [0.1, 0.15) is 0 Å². The van der Waals surface area contributed by atoms with Crippen LogP contribution in [0, 0.1) is 0 Å². The van der Waals surface area contributed by atoms with Crippen LogP contribution < -0.4 is 0 Å². The van der Waals surface area contributed by atoms with Crippen molar-refractivity contribution in [3.8, 4) is 0 Å². The molecule has 0 radical (unpaired) electrons. The van der Waals surface area contributed by atoms with E-state index in [0.29, 0.717) is 24.0 Å². The summed E-state index contributed by atoms with van der Waals surface area (Å²) in [6, 6.07) is 0. The summed E-state index contributed by atoms with van der Waals surface area (Å²) in [5.74, 6) is -1.84. The van der Waals surface area contributed by atoms with E-state index in [4.69, 9.17) is 10.2 Å². The first-order valence-corrected chi connectivity index (χ1v) is 5.06. The molecule has 0 aromatic carbocycles. The minimum atomic E-state index is -0.922. The molecule has 2 N–H and O–H groups in total. The molecular weight excluding hydrogens is 208 g/mol. The Morgan fingerprint density at radius 2 is 1.00 bits per heavy atom. The van der Waals surface area contributed by atoms with Gasteiger partial charge >= 0.3 is 11.9 Å². The Bertz CT molecular complexity index is 325. The van der Waals surface area contributed by atoms with E-state index in [0.717, 1.165) is 11.1 Å². The van der Waals surface area contributed by atoms with Gasteiger partial charge in [0.2, 0.25) is 0 Å². The maximum Gasteiger partial charge on any atom is 0.331 e. The van der Waals surface area contributed by atoms with Gasteiger partial charge in [0.25, 0.3) is 0 Å². The quantitative estimate of drug-likeness (QED) is 0.706. The zero-order valence-corrected chi connectivity index (χ0v) is 10.1. The lowest BCUT2D eigenvalue weighted by Gasteiger charge is -2.06. The third-order valence-electron chi connectivity index (χ3n) is 2.80. The van der Waals surface area contributed by atoms with Gasteiger partial charge in [0, 0.05) is 11.1 Å². The van der Waals surface area contributed by atoms with E-state index in [1.54, 1.807) is 27.7 Å². The van der Waals surface area contributed by atoms with Gasteiger partial charge in [0.15, 0.2) is 0 Å². The molecule has 4 nitrogen and oxygen atoms in total. The molecule has 0 aliphatic carbocycles. The normalized spacial score (nSPS) is 14.0. The molecular formula is C12H18O4. The molecule has 0 aromatic rings. The van der Waals surface area contributed by atoms with Gasteiger partial charge in [-0.15, -0.1) is 0 Å². The number of aliphatic carboxylic acids is 2. The zero-order chi connectivity index (χ0) is 12.9. The number of hydrogen-bond acceptors (Lipinski definition) is 2. The van der Waals surface area contributed by atoms with Gasteiger partial charge in [-0.2, -0.15) is 0 Å². The van der Waals surface area contributed by atoms with Crippen molar-refractivity contribution >= 4 is 11.9 Å². The topological polar surface area (TPSA) is 74.6 Å². The van der Waals surface area contributed by atoms with Crippen LogP contribution >= 0.6 is 0 Å². The summed E-state index contributed by atoms with van der Waals surface area (Å²) in [4.78, 5) is 21.3. The van der Waals surface area contributed by atoms with Crippen LogP contribution in [0.5, 0.6) is 0 Å². The molecule has 0 rings (SSSR count). The second-order valence-electron chi connectivity index (χ2n) is 3.92. The number of carboxylic acid groups (broad SMARTS) is 2. The molecule has 0 heterocycles. The number of carboxylic acids is 2. The van der Waals surface area contributed by atoms with E-state index in [-0.39, 0.29) is 0 Å². The van der Waals surface area contributed by atoms with Gasteiger partial charge in [-0.1, -0.05) is 11.1 Å². The number of allylic oxidation sites excluding steroid dienone is 2. The van der Waals surface area contributed by atoms with E-state index in [1.807, 2.05) is 0 Å². The van der Waals surface area contributed by atoms with Crippen molar-refractivity contribution in [2.24, 2.45) is 0 Å². The molecule has 0 amide bonds. The molecule has 0 fully saturated rings. The van der Waals surface area contributed by atoms with Crippen LogP contribution in [0.3, 0.4) is 0 Å². The second kappa shape index (κ2) is 6.10. The predicted octanol–water partition coefficient (Wildman–Crippen LogP) is 2.61. The van der Waals surface area contributed by atoms with Crippen LogP contribution in [-0.2, 0) is 9.59 Å². The molecule has 90 valence electrons. The highest BCUT2D eigenvalue weighted by Crippen LogP contribution is 2.17. The van der Waals surface area contributed by atoms with E-state index >= 15 is 0 Å². The lowest BCUT2D eigenvalue weighted by molar-refractivity contribution is -0.133. The molecule has 0 saturated carbocycles. The first-order valence-electron chi connectivity index (χ1n) is 5.06. The zero-order valence-electron chi connectivity index (χ0n) is 10.1. The average molecular weight is 226 g/mol. The predicted molar refractivity (Wildman–Crippen MR) is 61.3 cm³/mol. The Morgan fingerprint density at radius 3 is 1.19 bits per heavy atom. The fraction of sp³-hybridized carbons (Fsp3) is 0.500. The molecule has 0 unspecified atom stereocenters. The molecule has 0 aliphatic rings. The number of hydrogen-bond donors (Lipinski definition) is 2. The van der Waals surface area contributed by atoms with Crippen LogP contribution in [0.1, 0.15) is 40.5 Å². The Labute approximate surface area is 95.3 Å². The van der Waals surface area contributed by atoms with Crippen molar-refractivity contribution in [1.29, 1.82) is 0 Å². The van der Waals surface area contributed by atoms with Crippen molar-refractivity contribution in [1.82, 2.24) is 0 Å². The number of rotatable bonds is 5. The van der Waals surface area contributed by atoms with Gasteiger partial charge in [-0.05, 0) is 40.5 Å². The number of carbonyl (C=O) groups is 2. The molecule has 4 heteroatoms. The van der Waals surface area contributed by atoms with Gasteiger partial charge < -0.3 is 10.2 Å². The maximum atomic E-state index is 10.7. The third-order valence-corrected chi connectivity index (χ3v) is 2.80. The van der Waals surface area contributed by atoms with Crippen LogP contribution in [0.15, 0.2) is 22.3 Å². The summed E-state index contributed by atoms with van der Waals surface area (Å²) in [5.41, 5.74) is 2.23. The highest BCUT2D eigenvalue weighted by atomic mass is 16.4. The standard InChI is InChI=1S/C12H18O4/c1-7(9(3)11(13)14)5-6-8(2)10(4)12(15)16/h5-6H2,1-4H3,(H,13,14)(H,15,16)/b9-7-,10-8-. The smallest absolute Gasteiger partial charge is 0.331 e. The molecule has 0 saturated heterocycles. The SMILES string of the molecule is C/C(CC/C(C)=C(/C)C(=O)O)=C(\C)C(=O)O. The molecule has 0 aromatic heterocycles. The summed E-state index contributed by atoms with van der Waals surface area (Å²) >= 11 is 0. The first kappa shape index (κ1) is 14.4. The fourth-order valence-electron chi connectivity index (χ4n) is 1.12. The fourth-order valence-corrected chi connectivity index (χ4v) is 1.12. The summed E-state index contributed by atoms with van der Waals surface area (Å²) < 4.78 is 0. The van der Waals surface area contributed by atoms with E-state index < -0.39 is 11.9 Å². The highest BCUT2D eigenvalue weighted by Gasteiger charge is 2.08. The Balaban J connectivity index is 4.60. The minimum absolute atomic E-state index is 0.334. The summed E-state index contributed by atoms with van der Waals surface area (Å²) in [5, 5.41) is 17.5. The molecule has 0 aliphatic heterocycles. The van der Waals surface area contributed by atoms with Crippen LogP contribution in [0.2, 0.25) is 0 Å². The lowest BCUT2D eigenvalue weighted by atomic mass is 10.00. The molecule has 0 atom stereocenters. The van der Waals surface area contributed by atoms with Gasteiger partial charge in [0.05, 0.1) is 0 Å². The average Bonchev–Trinajstić information content (AvgIpc) is 2.22. The summed E-state index contributed by atoms with van der Waals surface area (Å²) in [6.07, 6.45) is 1.16. The maximum absolute atomic E-state index is 10.7. The van der Waals surface area contributed by atoms with Crippen LogP contribution in [-0.4, -0.2) is 22.2 Å². The summed E-state index contributed by atoms with van der Waals surface area (Å²) in [6.45, 7) is 6.63. The van der Waals surface area contributed by atoms with Crippen molar-refractivity contribution in [2.75, 3.05) is 0 Å². The molecule has 0 bridgehead atoms. The first-order chi connectivity index (χ1) is 7.27. The highest BCUT2D eigenvalue weighted by molar-refractivity contribution is 5.87. The van der Waals surface area contributed by atoms with E-state index in [2.05, 4.69) is 0 Å². The lowest BCUT2D eigenvalue weighted by Crippen LogP contribution is -2.02. The second-order valence-corrected chi connectivity index (χ2v) is 3.92. The van der Waals surface area contributed by atoms with E-state index in [9.17, 15) is 9.59 Å². The molecule has 0 spiro atoms. The summed E-state index contributed by atoms with van der Waals surface area (Å²) in [7, 11) is 0. The minimum Gasteiger partial charge on any atom is -0.478 e. The Kier molecular flexibility index (Phi) is 5.50. The Hall–Kier alpha value is -1.58. The Morgan fingerprint density at radius 1 is 0.750 bits per heavy atom. The van der Waals surface area contributed by atoms with Crippen LogP contribution in [0.25, 0.3) is 0 Å². The largest absolute Gasteiger partial charge is 0.478 e. The van der Waals surface area contributed by atoms with Gasteiger partial charge in [-0.25, -0.2) is 9.59 Å². The third kappa shape index (κ3) is 4.29. The monoisotopic (exact) mass is 226 g/mol. The van der Waals surface area contributed by atoms with E-state index in [1.165, 1.54) is 0 Å².